The van der Waals surface area contributed by atoms with Crippen LogP contribution >= 0.6 is 0 Å². The van der Waals surface area contributed by atoms with E-state index in [1.807, 2.05) is 0 Å². The second kappa shape index (κ2) is 5.24. The van der Waals surface area contributed by atoms with E-state index in [0.29, 0.717) is 24.7 Å². The molecule has 3 rings (SSSR count). The number of aromatic amines is 1. The van der Waals surface area contributed by atoms with Gasteiger partial charge in [0, 0.05) is 19.0 Å². The van der Waals surface area contributed by atoms with Crippen molar-refractivity contribution in [2.24, 2.45) is 11.1 Å². The molecule has 0 spiro atoms. The highest BCUT2D eigenvalue weighted by atomic mass is 32.2. The molecule has 7 nitrogen and oxygen atoms in total. The molecule has 2 unspecified atom stereocenters. The summed E-state index contributed by atoms with van der Waals surface area (Å²) in [6.45, 7) is 4.62. The minimum absolute atomic E-state index is 0.0399. The number of piperidine rings is 1. The second-order valence-electron chi connectivity index (χ2n) is 6.66. The fourth-order valence-corrected chi connectivity index (χ4v) is 5.00. The predicted octanol–water partition coefficient (Wildman–Crippen LogP) is 0.272. The zero-order chi connectivity index (χ0) is 15.1. The summed E-state index contributed by atoms with van der Waals surface area (Å²) >= 11 is 0. The van der Waals surface area contributed by atoms with Crippen LogP contribution in [0.4, 0.5) is 5.95 Å². The van der Waals surface area contributed by atoms with E-state index in [4.69, 9.17) is 5.73 Å². The van der Waals surface area contributed by atoms with Crippen LogP contribution in [0.15, 0.2) is 0 Å². The van der Waals surface area contributed by atoms with Gasteiger partial charge in [0.15, 0.2) is 9.84 Å². The lowest BCUT2D eigenvalue weighted by atomic mass is 9.82. The van der Waals surface area contributed by atoms with Gasteiger partial charge in [-0.25, -0.2) is 8.42 Å². The summed E-state index contributed by atoms with van der Waals surface area (Å²) in [5.41, 5.74) is 5.98. The van der Waals surface area contributed by atoms with Crippen LogP contribution in [0, 0.1) is 5.41 Å². The van der Waals surface area contributed by atoms with Crippen LogP contribution in [0.1, 0.15) is 37.9 Å². The molecule has 2 atom stereocenters. The van der Waals surface area contributed by atoms with Crippen molar-refractivity contribution in [1.29, 1.82) is 0 Å². The maximum absolute atomic E-state index is 11.6. The highest BCUT2D eigenvalue weighted by Crippen LogP contribution is 2.31. The summed E-state index contributed by atoms with van der Waals surface area (Å²) in [5, 5.41) is 7.22. The number of hydrogen-bond acceptors (Lipinski definition) is 6. The summed E-state index contributed by atoms with van der Waals surface area (Å²) in [7, 11) is -2.90. The molecular weight excluding hydrogens is 290 g/mol. The van der Waals surface area contributed by atoms with E-state index in [0.717, 1.165) is 25.9 Å². The number of nitrogens with two attached hydrogens (primary N) is 1. The van der Waals surface area contributed by atoms with Gasteiger partial charge >= 0.3 is 0 Å². The van der Waals surface area contributed by atoms with Gasteiger partial charge in [-0.3, -0.25) is 5.10 Å². The Labute approximate surface area is 125 Å². The number of hydrogen-bond donors (Lipinski definition) is 2. The molecule has 1 aromatic heterocycles. The molecule has 0 aromatic carbocycles. The van der Waals surface area contributed by atoms with Gasteiger partial charge in [0.05, 0.1) is 11.5 Å². The van der Waals surface area contributed by atoms with Crippen LogP contribution in [-0.2, 0) is 9.84 Å². The van der Waals surface area contributed by atoms with E-state index in [1.54, 1.807) is 0 Å². The molecule has 21 heavy (non-hydrogen) atoms. The highest BCUT2D eigenvalue weighted by Gasteiger charge is 2.34. The van der Waals surface area contributed by atoms with E-state index in [1.165, 1.54) is 0 Å². The quantitative estimate of drug-likeness (QED) is 0.830. The number of nitrogens with one attached hydrogen (secondary N) is 1. The molecule has 0 amide bonds. The van der Waals surface area contributed by atoms with Gasteiger partial charge in [-0.05, 0) is 31.2 Å². The molecule has 0 radical (unpaired) electrons. The minimum atomic E-state index is -2.90. The summed E-state index contributed by atoms with van der Waals surface area (Å²) in [6, 6.07) is 0. The van der Waals surface area contributed by atoms with Crippen molar-refractivity contribution in [2.75, 3.05) is 36.0 Å². The number of rotatable bonds is 3. The Morgan fingerprint density at radius 1 is 1.52 bits per heavy atom. The molecule has 3 N–H and O–H groups in total. The monoisotopic (exact) mass is 313 g/mol. The van der Waals surface area contributed by atoms with Crippen LogP contribution in [0.5, 0.6) is 0 Å². The van der Waals surface area contributed by atoms with E-state index < -0.39 is 9.84 Å². The Morgan fingerprint density at radius 2 is 2.33 bits per heavy atom. The Bertz CT molecular complexity index is 614. The van der Waals surface area contributed by atoms with Crippen molar-refractivity contribution in [3.63, 3.8) is 0 Å². The fraction of sp³-hybridized carbons (Fsp3) is 0.846. The lowest BCUT2D eigenvalue weighted by Gasteiger charge is -2.39. The summed E-state index contributed by atoms with van der Waals surface area (Å²) < 4.78 is 23.1. The van der Waals surface area contributed by atoms with Gasteiger partial charge in [-0.1, -0.05) is 6.92 Å². The first-order valence-corrected chi connectivity index (χ1v) is 9.31. The molecule has 2 aliphatic heterocycles. The Balaban J connectivity index is 1.73. The van der Waals surface area contributed by atoms with E-state index in [9.17, 15) is 8.42 Å². The minimum Gasteiger partial charge on any atom is -0.339 e. The maximum Gasteiger partial charge on any atom is 0.244 e. The van der Waals surface area contributed by atoms with E-state index in [2.05, 4.69) is 27.0 Å². The third-order valence-electron chi connectivity index (χ3n) is 4.67. The molecule has 3 heterocycles. The second-order valence-corrected chi connectivity index (χ2v) is 8.89. The largest absolute Gasteiger partial charge is 0.339 e. The van der Waals surface area contributed by atoms with Gasteiger partial charge in [-0.15, -0.1) is 5.10 Å². The molecule has 2 aliphatic rings. The Hall–Kier alpha value is -1.15. The Kier molecular flexibility index (Phi) is 3.69. The van der Waals surface area contributed by atoms with Gasteiger partial charge < -0.3 is 10.6 Å². The lowest BCUT2D eigenvalue weighted by molar-refractivity contribution is 0.270. The van der Waals surface area contributed by atoms with Crippen molar-refractivity contribution in [3.05, 3.63) is 5.82 Å². The third kappa shape index (κ3) is 3.06. The molecule has 8 heteroatoms. The average Bonchev–Trinajstić information content (AvgIpc) is 3.05. The number of H-pyrrole nitrogens is 1. The maximum atomic E-state index is 11.6. The number of sulfone groups is 1. The van der Waals surface area contributed by atoms with Crippen LogP contribution in [0.2, 0.25) is 0 Å². The lowest BCUT2D eigenvalue weighted by Crippen LogP contribution is -2.46. The molecular formula is C13H23N5O2S. The molecule has 0 bridgehead atoms. The van der Waals surface area contributed by atoms with Gasteiger partial charge in [0.25, 0.3) is 0 Å². The first-order chi connectivity index (χ1) is 9.91. The third-order valence-corrected chi connectivity index (χ3v) is 6.43. The average molecular weight is 313 g/mol. The van der Waals surface area contributed by atoms with Crippen LogP contribution in [0.3, 0.4) is 0 Å². The van der Waals surface area contributed by atoms with Gasteiger partial charge in [0.2, 0.25) is 5.95 Å². The molecule has 118 valence electrons. The zero-order valence-electron chi connectivity index (χ0n) is 12.4. The molecule has 2 fully saturated rings. The normalized spacial score (nSPS) is 32.5. The van der Waals surface area contributed by atoms with Crippen LogP contribution in [-0.4, -0.2) is 54.7 Å². The number of nitrogens with zero attached hydrogens (tertiary/aromatic N) is 3. The SMILES string of the molecule is CC1(CN)CCCN(c2n[nH]c(C3CCS(=O)(=O)C3)n2)C1. The van der Waals surface area contributed by atoms with Crippen molar-refractivity contribution in [1.82, 2.24) is 15.2 Å². The molecule has 2 saturated heterocycles. The summed E-state index contributed by atoms with van der Waals surface area (Å²) in [5.74, 6) is 1.77. The summed E-state index contributed by atoms with van der Waals surface area (Å²) in [4.78, 5) is 6.69. The van der Waals surface area contributed by atoms with E-state index >= 15 is 0 Å². The van der Waals surface area contributed by atoms with Crippen molar-refractivity contribution < 1.29 is 8.42 Å². The standard InChI is InChI=1S/C13H23N5O2S/c1-13(8-14)4-2-5-18(9-13)12-15-11(16-17-12)10-3-6-21(19,20)7-10/h10H,2-9,14H2,1H3,(H,15,16,17). The number of anilines is 1. The molecule has 1 aromatic rings. The first-order valence-electron chi connectivity index (χ1n) is 7.49. The smallest absolute Gasteiger partial charge is 0.244 e. The van der Waals surface area contributed by atoms with Crippen LogP contribution in [0.25, 0.3) is 0 Å². The molecule has 0 aliphatic carbocycles. The van der Waals surface area contributed by atoms with E-state index in [-0.39, 0.29) is 22.8 Å². The van der Waals surface area contributed by atoms with Gasteiger partial charge in [0.1, 0.15) is 5.82 Å². The fourth-order valence-electron chi connectivity index (χ4n) is 3.25. The topological polar surface area (TPSA) is 105 Å². The predicted molar refractivity (Wildman–Crippen MR) is 81.0 cm³/mol. The first kappa shape index (κ1) is 14.8. The highest BCUT2D eigenvalue weighted by molar-refractivity contribution is 7.91. The van der Waals surface area contributed by atoms with Crippen LogP contribution < -0.4 is 10.6 Å². The zero-order valence-corrected chi connectivity index (χ0v) is 13.2. The van der Waals surface area contributed by atoms with Gasteiger partial charge in [-0.2, -0.15) is 4.98 Å². The Morgan fingerprint density at radius 3 is 3.00 bits per heavy atom. The summed E-state index contributed by atoms with van der Waals surface area (Å²) in [6.07, 6.45) is 2.84. The number of aromatic nitrogens is 3. The van der Waals surface area contributed by atoms with Crippen molar-refractivity contribution in [3.8, 4) is 0 Å². The molecule has 0 saturated carbocycles. The van der Waals surface area contributed by atoms with Crippen molar-refractivity contribution in [2.45, 2.75) is 32.1 Å². The van der Waals surface area contributed by atoms with Crippen molar-refractivity contribution >= 4 is 15.8 Å².